The Hall–Kier alpha value is -3.65. The van der Waals surface area contributed by atoms with Crippen LogP contribution < -0.4 is 9.62 Å². The van der Waals surface area contributed by atoms with Gasteiger partial charge in [-0.1, -0.05) is 87.9 Å². The van der Waals surface area contributed by atoms with Gasteiger partial charge in [-0.05, 0) is 68.0 Å². The van der Waals surface area contributed by atoms with E-state index in [0.29, 0.717) is 12.1 Å². The van der Waals surface area contributed by atoms with Crippen LogP contribution in [0.1, 0.15) is 70.1 Å². The lowest BCUT2D eigenvalue weighted by Gasteiger charge is -2.34. The van der Waals surface area contributed by atoms with Gasteiger partial charge in [-0.3, -0.25) is 13.9 Å². The van der Waals surface area contributed by atoms with Crippen LogP contribution >= 0.6 is 0 Å². The van der Waals surface area contributed by atoms with E-state index in [2.05, 4.69) is 19.2 Å². The molecule has 8 heteroatoms. The molecule has 7 nitrogen and oxygen atoms in total. The van der Waals surface area contributed by atoms with Gasteiger partial charge in [0.2, 0.25) is 11.8 Å². The average molecular weight is 578 g/mol. The molecule has 41 heavy (non-hydrogen) atoms. The molecule has 0 aliphatic heterocycles. The van der Waals surface area contributed by atoms with Crippen LogP contribution in [0.3, 0.4) is 0 Å². The van der Waals surface area contributed by atoms with Crippen LogP contribution in [0.5, 0.6) is 0 Å². The molecular weight excluding hydrogens is 534 g/mol. The van der Waals surface area contributed by atoms with Crippen molar-refractivity contribution in [3.63, 3.8) is 0 Å². The molecule has 0 spiro atoms. The topological polar surface area (TPSA) is 86.8 Å². The maximum Gasteiger partial charge on any atom is 0.264 e. The molecule has 0 bridgehead atoms. The number of benzene rings is 3. The molecule has 0 aliphatic carbocycles. The molecule has 3 rings (SSSR count). The number of carbonyl (C=O) groups excluding carboxylic acids is 2. The van der Waals surface area contributed by atoms with Crippen LogP contribution in [0.25, 0.3) is 0 Å². The summed E-state index contributed by atoms with van der Waals surface area (Å²) in [5, 5.41) is 3.01. The molecule has 3 aromatic carbocycles. The molecule has 0 aliphatic rings. The van der Waals surface area contributed by atoms with E-state index in [1.165, 1.54) is 17.0 Å². The quantitative estimate of drug-likeness (QED) is 0.269. The summed E-state index contributed by atoms with van der Waals surface area (Å²) in [6.07, 6.45) is 1.14. The zero-order valence-electron chi connectivity index (χ0n) is 25.0. The summed E-state index contributed by atoms with van der Waals surface area (Å²) in [6.45, 7) is 11.6. The molecule has 0 radical (unpaired) electrons. The van der Waals surface area contributed by atoms with Crippen LogP contribution in [-0.4, -0.2) is 43.8 Å². The monoisotopic (exact) mass is 577 g/mol. The number of anilines is 1. The van der Waals surface area contributed by atoms with Gasteiger partial charge in [0.15, 0.2) is 0 Å². The third-order valence-corrected chi connectivity index (χ3v) is 9.07. The van der Waals surface area contributed by atoms with Gasteiger partial charge in [-0.15, -0.1) is 0 Å². The molecule has 0 fully saturated rings. The van der Waals surface area contributed by atoms with Crippen molar-refractivity contribution >= 4 is 27.5 Å². The van der Waals surface area contributed by atoms with Gasteiger partial charge in [0.1, 0.15) is 12.6 Å². The number of amides is 2. The van der Waals surface area contributed by atoms with E-state index >= 15 is 0 Å². The average Bonchev–Trinajstić information content (AvgIpc) is 2.96. The fraction of sp³-hybridized carbons (Fsp3) is 0.394. The fourth-order valence-corrected chi connectivity index (χ4v) is 6.08. The lowest BCUT2D eigenvalue weighted by Crippen LogP contribution is -2.53. The molecule has 0 saturated carbocycles. The molecule has 1 N–H and O–H groups in total. The van der Waals surface area contributed by atoms with Crippen molar-refractivity contribution in [1.29, 1.82) is 0 Å². The van der Waals surface area contributed by atoms with E-state index in [9.17, 15) is 18.0 Å². The third-order valence-electron chi connectivity index (χ3n) is 7.28. The Bertz CT molecular complexity index is 1410. The predicted octanol–water partition coefficient (Wildman–Crippen LogP) is 6.04. The van der Waals surface area contributed by atoms with Crippen LogP contribution in [0.2, 0.25) is 0 Å². The minimum Gasteiger partial charge on any atom is -0.352 e. The largest absolute Gasteiger partial charge is 0.352 e. The van der Waals surface area contributed by atoms with Gasteiger partial charge in [0.05, 0.1) is 10.6 Å². The standard InChI is InChI=1S/C33H43N3O4S/c1-7-26(6)34-33(38)31(8-2)35(22-27-14-12-13-25(5)21-27)32(37)23-36(29-19-17-28(18-20-29)24(3)4)41(39,40)30-15-10-9-11-16-30/h9-21,24,26,31H,7-8,22-23H2,1-6H3,(H,34,38). The Labute approximate surface area is 245 Å². The van der Waals surface area contributed by atoms with Crippen molar-refractivity contribution in [3.8, 4) is 0 Å². The smallest absolute Gasteiger partial charge is 0.264 e. The molecule has 2 unspecified atom stereocenters. The maximum absolute atomic E-state index is 14.2. The van der Waals surface area contributed by atoms with Gasteiger partial charge >= 0.3 is 0 Å². The van der Waals surface area contributed by atoms with Crippen molar-refractivity contribution in [2.45, 2.75) is 83.8 Å². The number of sulfonamides is 1. The highest BCUT2D eigenvalue weighted by atomic mass is 32.2. The Kier molecular flexibility index (Phi) is 11.1. The van der Waals surface area contributed by atoms with Crippen molar-refractivity contribution in [2.75, 3.05) is 10.8 Å². The molecule has 3 aromatic rings. The number of aryl methyl sites for hydroxylation is 1. The number of hydrogen-bond donors (Lipinski definition) is 1. The van der Waals surface area contributed by atoms with E-state index < -0.39 is 28.5 Å². The van der Waals surface area contributed by atoms with Gasteiger partial charge < -0.3 is 10.2 Å². The van der Waals surface area contributed by atoms with Crippen molar-refractivity contribution in [3.05, 3.63) is 95.6 Å². The van der Waals surface area contributed by atoms with Gasteiger partial charge in [-0.2, -0.15) is 0 Å². The summed E-state index contributed by atoms with van der Waals surface area (Å²) in [5.74, 6) is -0.435. The van der Waals surface area contributed by atoms with Crippen molar-refractivity contribution in [2.24, 2.45) is 0 Å². The zero-order valence-corrected chi connectivity index (χ0v) is 25.8. The van der Waals surface area contributed by atoms with Crippen LogP contribution in [0.15, 0.2) is 83.8 Å². The summed E-state index contributed by atoms with van der Waals surface area (Å²) in [6, 6.07) is 22.3. The normalized spacial score (nSPS) is 13.0. The Morgan fingerprint density at radius 1 is 0.854 bits per heavy atom. The SMILES string of the molecule is CCC(C)NC(=O)C(CC)N(Cc1cccc(C)c1)C(=O)CN(c1ccc(C(C)C)cc1)S(=O)(=O)c1ccccc1. The second-order valence-corrected chi connectivity index (χ2v) is 12.7. The number of nitrogens with one attached hydrogen (secondary N) is 1. The van der Waals surface area contributed by atoms with Crippen LogP contribution in [-0.2, 0) is 26.2 Å². The predicted molar refractivity (Wildman–Crippen MR) is 165 cm³/mol. The second-order valence-electron chi connectivity index (χ2n) is 10.8. The summed E-state index contributed by atoms with van der Waals surface area (Å²) >= 11 is 0. The second kappa shape index (κ2) is 14.3. The van der Waals surface area contributed by atoms with Crippen molar-refractivity contribution < 1.29 is 18.0 Å². The van der Waals surface area contributed by atoms with E-state index in [0.717, 1.165) is 27.4 Å². The summed E-state index contributed by atoms with van der Waals surface area (Å²) in [5.41, 5.74) is 3.35. The molecule has 0 aromatic heterocycles. The highest BCUT2D eigenvalue weighted by Gasteiger charge is 2.34. The first-order valence-electron chi connectivity index (χ1n) is 14.3. The Balaban J connectivity index is 2.06. The third kappa shape index (κ3) is 8.19. The van der Waals surface area contributed by atoms with E-state index in [4.69, 9.17) is 0 Å². The minimum atomic E-state index is -4.09. The minimum absolute atomic E-state index is 0.0538. The Morgan fingerprint density at radius 2 is 1.51 bits per heavy atom. The van der Waals surface area contributed by atoms with Gasteiger partial charge in [0.25, 0.3) is 10.0 Å². The first-order valence-corrected chi connectivity index (χ1v) is 15.7. The number of carbonyl (C=O) groups is 2. The first kappa shape index (κ1) is 31.9. The summed E-state index contributed by atoms with van der Waals surface area (Å²) in [7, 11) is -4.09. The lowest BCUT2D eigenvalue weighted by molar-refractivity contribution is -0.140. The Morgan fingerprint density at radius 3 is 2.07 bits per heavy atom. The molecule has 2 amide bonds. The van der Waals surface area contributed by atoms with Gasteiger partial charge in [-0.25, -0.2) is 8.42 Å². The maximum atomic E-state index is 14.2. The first-order chi connectivity index (χ1) is 19.5. The highest BCUT2D eigenvalue weighted by Crippen LogP contribution is 2.27. The number of hydrogen-bond acceptors (Lipinski definition) is 4. The molecule has 2 atom stereocenters. The van der Waals surface area contributed by atoms with E-state index in [1.807, 2.05) is 64.1 Å². The number of rotatable bonds is 13. The lowest BCUT2D eigenvalue weighted by atomic mass is 10.0. The van der Waals surface area contributed by atoms with Crippen molar-refractivity contribution in [1.82, 2.24) is 10.2 Å². The number of nitrogens with zero attached hydrogens (tertiary/aromatic N) is 2. The van der Waals surface area contributed by atoms with E-state index in [-0.39, 0.29) is 29.3 Å². The van der Waals surface area contributed by atoms with E-state index in [1.54, 1.807) is 30.3 Å². The summed E-state index contributed by atoms with van der Waals surface area (Å²) < 4.78 is 29.0. The molecule has 0 saturated heterocycles. The van der Waals surface area contributed by atoms with Crippen LogP contribution in [0.4, 0.5) is 5.69 Å². The molecule has 0 heterocycles. The summed E-state index contributed by atoms with van der Waals surface area (Å²) in [4.78, 5) is 29.2. The molecule has 220 valence electrons. The van der Waals surface area contributed by atoms with Crippen LogP contribution in [0, 0.1) is 6.92 Å². The molecular formula is C33H43N3O4S. The zero-order chi connectivity index (χ0) is 30.2. The fourth-order valence-electron chi connectivity index (χ4n) is 4.64. The van der Waals surface area contributed by atoms with Gasteiger partial charge in [0, 0.05) is 12.6 Å². The highest BCUT2D eigenvalue weighted by molar-refractivity contribution is 7.92.